The van der Waals surface area contributed by atoms with Gasteiger partial charge in [0.25, 0.3) is 0 Å². The van der Waals surface area contributed by atoms with Gasteiger partial charge in [-0.3, -0.25) is 9.69 Å². The van der Waals surface area contributed by atoms with Gasteiger partial charge in [0.1, 0.15) is 5.75 Å². The van der Waals surface area contributed by atoms with Crippen molar-refractivity contribution in [1.29, 1.82) is 0 Å². The van der Waals surface area contributed by atoms with Crippen molar-refractivity contribution in [2.24, 2.45) is 5.92 Å². The molecule has 3 heteroatoms. The fraction of sp³-hybridized carbons (Fsp3) is 0.458. The number of benzene rings is 2. The van der Waals surface area contributed by atoms with Gasteiger partial charge in [-0.05, 0) is 55.9 Å². The van der Waals surface area contributed by atoms with Crippen LogP contribution in [0.4, 0.5) is 0 Å². The molecule has 4 rings (SSSR count). The SMILES string of the molecule is COc1ccc(C)c(C(=O)C2CC3CCCC(C2)N3Cc2ccccc2)c1. The van der Waals surface area contributed by atoms with Crippen LogP contribution < -0.4 is 4.74 Å². The van der Waals surface area contributed by atoms with E-state index in [1.807, 2.05) is 25.1 Å². The molecule has 2 unspecified atom stereocenters. The second-order valence-corrected chi connectivity index (χ2v) is 8.11. The summed E-state index contributed by atoms with van der Waals surface area (Å²) in [5.41, 5.74) is 3.27. The Bertz CT molecular complexity index is 787. The minimum Gasteiger partial charge on any atom is -0.497 e. The molecule has 0 saturated carbocycles. The van der Waals surface area contributed by atoms with E-state index in [1.54, 1.807) is 7.11 Å². The molecule has 2 fully saturated rings. The lowest BCUT2D eigenvalue weighted by Gasteiger charge is -2.48. The number of aryl methyl sites for hydroxylation is 1. The molecule has 27 heavy (non-hydrogen) atoms. The number of ether oxygens (including phenoxy) is 1. The van der Waals surface area contributed by atoms with Crippen molar-refractivity contribution < 1.29 is 9.53 Å². The van der Waals surface area contributed by atoms with Crippen molar-refractivity contribution in [3.63, 3.8) is 0 Å². The van der Waals surface area contributed by atoms with Crippen molar-refractivity contribution >= 4 is 5.78 Å². The van der Waals surface area contributed by atoms with Crippen LogP contribution in [0.3, 0.4) is 0 Å². The number of carbonyl (C=O) groups is 1. The lowest BCUT2D eigenvalue weighted by Crippen LogP contribution is -2.52. The van der Waals surface area contributed by atoms with Crippen LogP contribution in [0.1, 0.15) is 53.6 Å². The second kappa shape index (κ2) is 7.85. The van der Waals surface area contributed by atoms with E-state index in [9.17, 15) is 4.79 Å². The number of ketones is 1. The predicted molar refractivity (Wildman–Crippen MR) is 108 cm³/mol. The van der Waals surface area contributed by atoms with Crippen LogP contribution in [0.15, 0.2) is 48.5 Å². The summed E-state index contributed by atoms with van der Waals surface area (Å²) in [4.78, 5) is 16.0. The highest BCUT2D eigenvalue weighted by atomic mass is 16.5. The average molecular weight is 364 g/mol. The smallest absolute Gasteiger partial charge is 0.166 e. The summed E-state index contributed by atoms with van der Waals surface area (Å²) in [6, 6.07) is 17.6. The third kappa shape index (κ3) is 3.79. The first-order valence-electron chi connectivity index (χ1n) is 10.1. The number of hydrogen-bond acceptors (Lipinski definition) is 3. The first-order valence-corrected chi connectivity index (χ1v) is 10.1. The Morgan fingerprint density at radius 2 is 1.78 bits per heavy atom. The zero-order valence-corrected chi connectivity index (χ0v) is 16.4. The van der Waals surface area contributed by atoms with Gasteiger partial charge < -0.3 is 4.74 Å². The van der Waals surface area contributed by atoms with Crippen LogP contribution in [0.25, 0.3) is 0 Å². The lowest BCUT2D eigenvalue weighted by molar-refractivity contribution is 0.00904. The van der Waals surface area contributed by atoms with Crippen LogP contribution in [0.5, 0.6) is 5.75 Å². The Morgan fingerprint density at radius 1 is 1.07 bits per heavy atom. The van der Waals surface area contributed by atoms with Gasteiger partial charge in [0.05, 0.1) is 7.11 Å². The second-order valence-electron chi connectivity index (χ2n) is 8.11. The summed E-state index contributed by atoms with van der Waals surface area (Å²) >= 11 is 0. The van der Waals surface area contributed by atoms with Crippen LogP contribution in [0, 0.1) is 12.8 Å². The first-order chi connectivity index (χ1) is 13.2. The number of carbonyl (C=O) groups excluding carboxylic acids is 1. The summed E-state index contributed by atoms with van der Waals surface area (Å²) in [6.45, 7) is 3.04. The standard InChI is InChI=1S/C24H29NO2/c1-17-11-12-22(27-2)15-23(17)24(26)19-13-20-9-6-10-21(14-19)25(20)16-18-7-4-3-5-8-18/h3-5,7-8,11-12,15,19-21H,6,9-10,13-14,16H2,1-2H3. The summed E-state index contributed by atoms with van der Waals surface area (Å²) in [7, 11) is 1.66. The minimum atomic E-state index is 0.137. The van der Waals surface area contributed by atoms with Crippen molar-refractivity contribution in [3.05, 3.63) is 65.2 Å². The van der Waals surface area contributed by atoms with Crippen molar-refractivity contribution in [3.8, 4) is 5.75 Å². The summed E-state index contributed by atoms with van der Waals surface area (Å²) < 4.78 is 5.34. The summed E-state index contributed by atoms with van der Waals surface area (Å²) in [5, 5.41) is 0. The maximum absolute atomic E-state index is 13.3. The van der Waals surface area contributed by atoms with Gasteiger partial charge in [-0.1, -0.05) is 42.8 Å². The number of methoxy groups -OCH3 is 1. The normalized spacial score (nSPS) is 25.2. The van der Waals surface area contributed by atoms with Crippen LogP contribution in [-0.2, 0) is 6.54 Å². The number of fused-ring (bicyclic) bond motifs is 2. The highest BCUT2D eigenvalue weighted by molar-refractivity contribution is 5.99. The number of nitrogens with zero attached hydrogens (tertiary/aromatic N) is 1. The highest BCUT2D eigenvalue weighted by Crippen LogP contribution is 2.39. The minimum absolute atomic E-state index is 0.137. The average Bonchev–Trinajstić information content (AvgIpc) is 2.68. The Hall–Kier alpha value is -2.13. The molecule has 2 bridgehead atoms. The van der Waals surface area contributed by atoms with E-state index in [2.05, 4.69) is 35.2 Å². The van der Waals surface area contributed by atoms with Gasteiger partial charge in [-0.25, -0.2) is 0 Å². The molecular formula is C24H29NO2. The van der Waals surface area contributed by atoms with Gasteiger partial charge in [-0.2, -0.15) is 0 Å². The number of rotatable bonds is 5. The topological polar surface area (TPSA) is 29.5 Å². The number of Topliss-reactive ketones (excluding diaryl/α,β-unsaturated/α-hetero) is 1. The molecular weight excluding hydrogens is 334 g/mol. The Morgan fingerprint density at radius 3 is 2.44 bits per heavy atom. The summed E-state index contributed by atoms with van der Waals surface area (Å²) in [6.07, 6.45) is 5.69. The van der Waals surface area contributed by atoms with Crippen molar-refractivity contribution in [1.82, 2.24) is 4.90 Å². The molecule has 2 aliphatic heterocycles. The molecule has 2 aromatic rings. The molecule has 0 aliphatic carbocycles. The maximum atomic E-state index is 13.3. The van der Waals surface area contributed by atoms with E-state index in [-0.39, 0.29) is 5.92 Å². The lowest BCUT2D eigenvalue weighted by atomic mass is 9.75. The van der Waals surface area contributed by atoms with E-state index in [0.717, 1.165) is 36.3 Å². The maximum Gasteiger partial charge on any atom is 0.166 e. The van der Waals surface area contributed by atoms with Gasteiger partial charge in [0.2, 0.25) is 0 Å². The number of hydrogen-bond donors (Lipinski definition) is 0. The third-order valence-corrected chi connectivity index (χ3v) is 6.41. The van der Waals surface area contributed by atoms with Gasteiger partial charge in [0.15, 0.2) is 5.78 Å². The molecule has 0 radical (unpaired) electrons. The molecule has 0 spiro atoms. The van der Waals surface area contributed by atoms with E-state index < -0.39 is 0 Å². The fourth-order valence-electron chi connectivity index (χ4n) is 4.96. The molecule has 0 aromatic heterocycles. The molecule has 3 nitrogen and oxygen atoms in total. The van der Waals surface area contributed by atoms with E-state index in [0.29, 0.717) is 17.9 Å². The van der Waals surface area contributed by atoms with Gasteiger partial charge in [-0.15, -0.1) is 0 Å². The quantitative estimate of drug-likeness (QED) is 0.699. The van der Waals surface area contributed by atoms with Crippen molar-refractivity contribution in [2.45, 2.75) is 57.7 Å². The molecule has 2 saturated heterocycles. The zero-order valence-electron chi connectivity index (χ0n) is 16.4. The molecule has 142 valence electrons. The Labute approximate surface area is 162 Å². The van der Waals surface area contributed by atoms with Crippen LogP contribution in [0.2, 0.25) is 0 Å². The first kappa shape index (κ1) is 18.2. The van der Waals surface area contributed by atoms with Gasteiger partial charge >= 0.3 is 0 Å². The molecule has 2 heterocycles. The van der Waals surface area contributed by atoms with Gasteiger partial charge in [0, 0.05) is 30.1 Å². The predicted octanol–water partition coefficient (Wildman–Crippen LogP) is 5.02. The Balaban J connectivity index is 1.52. The van der Waals surface area contributed by atoms with Crippen LogP contribution >= 0.6 is 0 Å². The number of piperidine rings is 2. The van der Waals surface area contributed by atoms with E-state index in [1.165, 1.54) is 24.8 Å². The summed E-state index contributed by atoms with van der Waals surface area (Å²) in [5.74, 6) is 1.21. The monoisotopic (exact) mass is 363 g/mol. The zero-order chi connectivity index (χ0) is 18.8. The molecule has 2 atom stereocenters. The third-order valence-electron chi connectivity index (χ3n) is 6.41. The highest BCUT2D eigenvalue weighted by Gasteiger charge is 2.40. The molecule has 0 N–H and O–H groups in total. The van der Waals surface area contributed by atoms with E-state index in [4.69, 9.17) is 4.74 Å². The van der Waals surface area contributed by atoms with Crippen LogP contribution in [-0.4, -0.2) is 29.9 Å². The van der Waals surface area contributed by atoms with Crippen molar-refractivity contribution in [2.75, 3.05) is 7.11 Å². The molecule has 2 aliphatic rings. The molecule has 2 aromatic carbocycles. The van der Waals surface area contributed by atoms with E-state index >= 15 is 0 Å². The molecule has 0 amide bonds. The Kier molecular flexibility index (Phi) is 5.31. The largest absolute Gasteiger partial charge is 0.497 e. The fourth-order valence-corrected chi connectivity index (χ4v) is 4.96.